The van der Waals surface area contributed by atoms with Gasteiger partial charge in [0, 0.05) is 24.4 Å². The van der Waals surface area contributed by atoms with Crippen LogP contribution in [0.2, 0.25) is 0 Å². The fraction of sp³-hybridized carbons (Fsp3) is 0.500. The van der Waals surface area contributed by atoms with Crippen LogP contribution in [0.15, 0.2) is 17.5 Å². The van der Waals surface area contributed by atoms with Crippen LogP contribution in [0.3, 0.4) is 0 Å². The normalized spacial score (nSPS) is 22.2. The second-order valence-electron chi connectivity index (χ2n) is 4.47. The first-order chi connectivity index (χ1) is 9.09. The highest BCUT2D eigenvalue weighted by molar-refractivity contribution is 7.09. The lowest BCUT2D eigenvalue weighted by Crippen LogP contribution is -2.47. The van der Waals surface area contributed by atoms with E-state index in [4.69, 9.17) is 4.74 Å². The van der Waals surface area contributed by atoms with Crippen molar-refractivity contribution in [3.63, 3.8) is 0 Å². The largest absolute Gasteiger partial charge is 0.386 e. The number of rotatable bonds is 4. The van der Waals surface area contributed by atoms with E-state index in [1.807, 2.05) is 17.5 Å². The molecular formula is C12H16N2O4S. The van der Waals surface area contributed by atoms with Crippen molar-refractivity contribution < 1.29 is 19.4 Å². The van der Waals surface area contributed by atoms with Crippen molar-refractivity contribution in [1.29, 1.82) is 0 Å². The molecule has 6 nitrogen and oxygen atoms in total. The van der Waals surface area contributed by atoms with Crippen LogP contribution < -0.4 is 10.6 Å². The molecule has 1 aliphatic rings. The summed E-state index contributed by atoms with van der Waals surface area (Å²) in [5.74, 6) is -1.44. The molecule has 1 aromatic heterocycles. The molecular weight excluding hydrogens is 268 g/mol. The summed E-state index contributed by atoms with van der Waals surface area (Å²) >= 11 is 1.51. The number of aliphatic hydroxyl groups is 1. The molecule has 2 rings (SSSR count). The van der Waals surface area contributed by atoms with E-state index in [0.717, 1.165) is 4.88 Å². The second kappa shape index (κ2) is 6.14. The number of carbonyl (C=O) groups is 2. The summed E-state index contributed by atoms with van der Waals surface area (Å²) in [5.41, 5.74) is -1.05. The molecule has 0 aromatic carbocycles. The van der Waals surface area contributed by atoms with Crippen LogP contribution in [0, 0.1) is 0 Å². The van der Waals surface area contributed by atoms with Gasteiger partial charge in [-0.3, -0.25) is 9.59 Å². The summed E-state index contributed by atoms with van der Waals surface area (Å²) in [6.45, 7) is 1.01. The van der Waals surface area contributed by atoms with Gasteiger partial charge >= 0.3 is 11.8 Å². The van der Waals surface area contributed by atoms with Crippen molar-refractivity contribution in [2.24, 2.45) is 0 Å². The van der Waals surface area contributed by atoms with Gasteiger partial charge in [0.25, 0.3) is 0 Å². The number of amides is 2. The fourth-order valence-corrected chi connectivity index (χ4v) is 2.37. The molecule has 2 heterocycles. The lowest BCUT2D eigenvalue weighted by molar-refractivity contribution is -0.139. The summed E-state index contributed by atoms with van der Waals surface area (Å²) < 4.78 is 5.05. The van der Waals surface area contributed by atoms with Gasteiger partial charge in [-0.25, -0.2) is 0 Å². The number of hydrogen-bond donors (Lipinski definition) is 3. The molecule has 0 saturated carbocycles. The van der Waals surface area contributed by atoms with E-state index in [2.05, 4.69) is 10.6 Å². The standard InChI is InChI=1S/C12H16N2O4S/c15-10(13-6-9-2-1-5-19-9)11(16)14-7-12(17)3-4-18-8-12/h1-2,5,17H,3-4,6-8H2,(H,13,15)(H,14,16)/t12-/m0/s1. The molecule has 0 bridgehead atoms. The van der Waals surface area contributed by atoms with Gasteiger partial charge in [0.05, 0.1) is 13.2 Å². The quantitative estimate of drug-likeness (QED) is 0.658. The van der Waals surface area contributed by atoms with Crippen LogP contribution in [0.4, 0.5) is 0 Å². The molecule has 0 spiro atoms. The van der Waals surface area contributed by atoms with Gasteiger partial charge < -0.3 is 20.5 Å². The van der Waals surface area contributed by atoms with Gasteiger partial charge in [-0.05, 0) is 11.4 Å². The number of hydrogen-bond acceptors (Lipinski definition) is 5. The molecule has 1 fully saturated rings. The number of nitrogens with one attached hydrogen (secondary N) is 2. The van der Waals surface area contributed by atoms with Crippen molar-refractivity contribution >= 4 is 23.2 Å². The second-order valence-corrected chi connectivity index (χ2v) is 5.50. The van der Waals surface area contributed by atoms with Gasteiger partial charge in [0.15, 0.2) is 0 Å². The minimum atomic E-state index is -1.05. The Balaban J connectivity index is 1.71. The lowest BCUT2D eigenvalue weighted by Gasteiger charge is -2.20. The predicted octanol–water partition coefficient (Wildman–Crippen LogP) is -0.368. The Kier molecular flexibility index (Phi) is 4.52. The zero-order chi connectivity index (χ0) is 13.7. The zero-order valence-electron chi connectivity index (χ0n) is 10.3. The molecule has 1 saturated heterocycles. The van der Waals surface area contributed by atoms with Gasteiger partial charge in [0.1, 0.15) is 5.60 Å². The van der Waals surface area contributed by atoms with Crippen molar-refractivity contribution in [1.82, 2.24) is 10.6 Å². The first-order valence-electron chi connectivity index (χ1n) is 5.98. The molecule has 1 atom stereocenters. The van der Waals surface area contributed by atoms with Gasteiger partial charge in [-0.2, -0.15) is 0 Å². The van der Waals surface area contributed by atoms with E-state index >= 15 is 0 Å². The molecule has 19 heavy (non-hydrogen) atoms. The number of ether oxygens (including phenoxy) is 1. The minimum absolute atomic E-state index is 0.0260. The average molecular weight is 284 g/mol. The average Bonchev–Trinajstić information content (AvgIpc) is 3.05. The third kappa shape index (κ3) is 4.02. The summed E-state index contributed by atoms with van der Waals surface area (Å²) in [4.78, 5) is 24.0. The molecule has 104 valence electrons. The topological polar surface area (TPSA) is 87.7 Å². The van der Waals surface area contributed by atoms with Crippen LogP contribution in [-0.2, 0) is 20.9 Å². The number of thiophene rings is 1. The highest BCUT2D eigenvalue weighted by atomic mass is 32.1. The molecule has 2 amide bonds. The Morgan fingerprint density at radius 3 is 2.84 bits per heavy atom. The van der Waals surface area contributed by atoms with Gasteiger partial charge in [-0.15, -0.1) is 11.3 Å². The van der Waals surface area contributed by atoms with Crippen LogP contribution in [0.5, 0.6) is 0 Å². The third-order valence-corrected chi connectivity index (χ3v) is 3.75. The molecule has 0 radical (unpaired) electrons. The van der Waals surface area contributed by atoms with E-state index in [9.17, 15) is 14.7 Å². The molecule has 1 aliphatic heterocycles. The van der Waals surface area contributed by atoms with E-state index in [1.54, 1.807) is 0 Å². The summed E-state index contributed by atoms with van der Waals surface area (Å²) in [6, 6.07) is 3.75. The van der Waals surface area contributed by atoms with Crippen molar-refractivity contribution in [2.75, 3.05) is 19.8 Å². The first-order valence-corrected chi connectivity index (χ1v) is 6.86. The Labute approximate surface area is 114 Å². The number of carbonyl (C=O) groups excluding carboxylic acids is 2. The zero-order valence-corrected chi connectivity index (χ0v) is 11.2. The van der Waals surface area contributed by atoms with Crippen molar-refractivity contribution in [3.05, 3.63) is 22.4 Å². The summed E-state index contributed by atoms with van der Waals surface area (Å²) in [6.07, 6.45) is 0.462. The van der Waals surface area contributed by atoms with Crippen molar-refractivity contribution in [2.45, 2.75) is 18.6 Å². The highest BCUT2D eigenvalue weighted by Crippen LogP contribution is 2.16. The van der Waals surface area contributed by atoms with E-state index < -0.39 is 17.4 Å². The van der Waals surface area contributed by atoms with Gasteiger partial charge in [0.2, 0.25) is 0 Å². The smallest absolute Gasteiger partial charge is 0.309 e. The summed E-state index contributed by atoms with van der Waals surface area (Å²) in [7, 11) is 0. The van der Waals surface area contributed by atoms with Gasteiger partial charge in [-0.1, -0.05) is 6.07 Å². The molecule has 0 unspecified atom stereocenters. The lowest BCUT2D eigenvalue weighted by atomic mass is 10.0. The molecule has 3 N–H and O–H groups in total. The molecule has 7 heteroatoms. The monoisotopic (exact) mass is 284 g/mol. The van der Waals surface area contributed by atoms with Crippen LogP contribution in [0.1, 0.15) is 11.3 Å². The Hall–Kier alpha value is -1.44. The molecule has 0 aliphatic carbocycles. The fourth-order valence-electron chi connectivity index (χ4n) is 1.72. The maximum absolute atomic E-state index is 11.5. The van der Waals surface area contributed by atoms with E-state index in [0.29, 0.717) is 19.6 Å². The highest BCUT2D eigenvalue weighted by Gasteiger charge is 2.33. The van der Waals surface area contributed by atoms with E-state index in [1.165, 1.54) is 11.3 Å². The Morgan fingerprint density at radius 2 is 2.21 bits per heavy atom. The van der Waals surface area contributed by atoms with Crippen molar-refractivity contribution in [3.8, 4) is 0 Å². The minimum Gasteiger partial charge on any atom is -0.386 e. The van der Waals surface area contributed by atoms with Crippen LogP contribution in [-0.4, -0.2) is 42.3 Å². The molecule has 1 aromatic rings. The maximum Gasteiger partial charge on any atom is 0.309 e. The van der Waals surface area contributed by atoms with Crippen LogP contribution >= 0.6 is 11.3 Å². The van der Waals surface area contributed by atoms with Crippen LogP contribution in [0.25, 0.3) is 0 Å². The predicted molar refractivity (Wildman–Crippen MR) is 69.6 cm³/mol. The Bertz CT molecular complexity index is 441. The Morgan fingerprint density at radius 1 is 1.42 bits per heavy atom. The van der Waals surface area contributed by atoms with E-state index in [-0.39, 0.29) is 13.2 Å². The maximum atomic E-state index is 11.5. The third-order valence-electron chi connectivity index (χ3n) is 2.87. The summed E-state index contributed by atoms with van der Waals surface area (Å²) in [5, 5.41) is 16.8. The SMILES string of the molecule is O=C(NCc1cccs1)C(=O)NC[C@@]1(O)CCOC1. The first kappa shape index (κ1) is 14.0.